The molecule has 0 bridgehead atoms. The van der Waals surface area contributed by atoms with Crippen LogP contribution in [0.4, 0.5) is 4.39 Å². The van der Waals surface area contributed by atoms with Crippen LogP contribution in [-0.2, 0) is 13.1 Å². The van der Waals surface area contributed by atoms with Gasteiger partial charge in [0.15, 0.2) is 5.82 Å². The Bertz CT molecular complexity index is 852. The van der Waals surface area contributed by atoms with Crippen molar-refractivity contribution in [3.63, 3.8) is 0 Å². The van der Waals surface area contributed by atoms with E-state index in [9.17, 15) is 4.39 Å². The summed E-state index contributed by atoms with van der Waals surface area (Å²) >= 11 is 0. The van der Waals surface area contributed by atoms with E-state index in [0.29, 0.717) is 18.1 Å². The molecule has 1 aliphatic heterocycles. The summed E-state index contributed by atoms with van der Waals surface area (Å²) in [5.41, 5.74) is 2.23. The van der Waals surface area contributed by atoms with Gasteiger partial charge in [-0.2, -0.15) is 0 Å². The summed E-state index contributed by atoms with van der Waals surface area (Å²) in [6.45, 7) is 3.48. The van der Waals surface area contributed by atoms with E-state index in [1.807, 2.05) is 18.5 Å². The smallest absolute Gasteiger partial charge is 0.151 e. The molecule has 2 aromatic heterocycles. The molecule has 0 radical (unpaired) electrons. The SMILES string of the molecule is Cl.Cl.Fc1cccc2[nH]c(CN(Cc3cncnc3)C3CCCNCC3)nc12. The molecule has 1 saturated heterocycles. The highest BCUT2D eigenvalue weighted by Crippen LogP contribution is 2.21. The van der Waals surface area contributed by atoms with Crippen LogP contribution in [0.15, 0.2) is 36.9 Å². The Hall–Kier alpha value is -1.80. The topological polar surface area (TPSA) is 69.7 Å². The third-order valence-electron chi connectivity index (χ3n) is 4.93. The lowest BCUT2D eigenvalue weighted by Crippen LogP contribution is -2.35. The van der Waals surface area contributed by atoms with Crippen molar-refractivity contribution in [1.82, 2.24) is 30.2 Å². The van der Waals surface area contributed by atoms with Crippen molar-refractivity contribution in [2.75, 3.05) is 13.1 Å². The van der Waals surface area contributed by atoms with E-state index in [1.165, 1.54) is 6.07 Å². The van der Waals surface area contributed by atoms with Gasteiger partial charge in [-0.05, 0) is 44.5 Å². The molecule has 1 unspecified atom stereocenters. The number of hydrogen-bond acceptors (Lipinski definition) is 5. The van der Waals surface area contributed by atoms with Crippen molar-refractivity contribution in [2.24, 2.45) is 0 Å². The third-order valence-corrected chi connectivity index (χ3v) is 4.93. The first-order chi connectivity index (χ1) is 12.8. The number of nitrogens with one attached hydrogen (secondary N) is 2. The van der Waals surface area contributed by atoms with Gasteiger partial charge < -0.3 is 10.3 Å². The Morgan fingerprint density at radius 2 is 1.89 bits per heavy atom. The van der Waals surface area contributed by atoms with E-state index in [2.05, 4.69) is 30.2 Å². The molecule has 1 aliphatic rings. The van der Waals surface area contributed by atoms with Crippen LogP contribution < -0.4 is 5.32 Å². The van der Waals surface area contributed by atoms with Crippen LogP contribution in [-0.4, -0.2) is 44.0 Å². The average Bonchev–Trinajstić information content (AvgIpc) is 2.88. The first-order valence-corrected chi connectivity index (χ1v) is 9.11. The minimum Gasteiger partial charge on any atom is -0.341 e. The van der Waals surface area contributed by atoms with Crippen LogP contribution in [0, 0.1) is 5.82 Å². The number of aromatic amines is 1. The summed E-state index contributed by atoms with van der Waals surface area (Å²) in [5.74, 6) is 0.505. The molecule has 2 N–H and O–H groups in total. The van der Waals surface area contributed by atoms with E-state index in [4.69, 9.17) is 0 Å². The maximum atomic E-state index is 14.0. The van der Waals surface area contributed by atoms with E-state index >= 15 is 0 Å². The van der Waals surface area contributed by atoms with Gasteiger partial charge in [-0.15, -0.1) is 24.8 Å². The summed E-state index contributed by atoms with van der Waals surface area (Å²) in [7, 11) is 0. The quantitative estimate of drug-likeness (QED) is 0.653. The minimum atomic E-state index is -0.285. The van der Waals surface area contributed by atoms with Crippen molar-refractivity contribution >= 4 is 35.8 Å². The molecule has 3 heterocycles. The molecular weight excluding hydrogens is 402 g/mol. The van der Waals surface area contributed by atoms with Crippen LogP contribution in [0.5, 0.6) is 0 Å². The fourth-order valence-corrected chi connectivity index (χ4v) is 3.64. The van der Waals surface area contributed by atoms with E-state index in [-0.39, 0.29) is 30.6 Å². The maximum Gasteiger partial charge on any atom is 0.151 e. The number of para-hydroxylation sites is 1. The summed E-state index contributed by atoms with van der Waals surface area (Å²) < 4.78 is 14.0. The van der Waals surface area contributed by atoms with Gasteiger partial charge >= 0.3 is 0 Å². The molecule has 152 valence electrons. The monoisotopic (exact) mass is 426 g/mol. The Kier molecular flexibility index (Phi) is 8.57. The second kappa shape index (κ2) is 10.7. The standard InChI is InChI=1S/C19H23FN6.2ClH/c20-16-4-1-5-17-19(16)25-18(24-17)12-26(11-14-9-22-13-23-10-14)15-3-2-7-21-8-6-15;;/h1,4-5,9-10,13,15,21H,2-3,6-8,11-12H2,(H,24,25);2*1H. The van der Waals surface area contributed by atoms with Crippen molar-refractivity contribution < 1.29 is 4.39 Å². The Balaban J connectivity index is 0.00000140. The summed E-state index contributed by atoms with van der Waals surface area (Å²) in [6, 6.07) is 5.46. The largest absolute Gasteiger partial charge is 0.341 e. The van der Waals surface area contributed by atoms with Gasteiger partial charge in [0.25, 0.3) is 0 Å². The van der Waals surface area contributed by atoms with Gasteiger partial charge in [0.05, 0.1) is 12.1 Å². The molecule has 0 saturated carbocycles. The average molecular weight is 427 g/mol. The second-order valence-corrected chi connectivity index (χ2v) is 6.81. The summed E-state index contributed by atoms with van der Waals surface area (Å²) in [5, 5.41) is 3.46. The number of halogens is 3. The van der Waals surface area contributed by atoms with Gasteiger partial charge in [-0.3, -0.25) is 4.90 Å². The summed E-state index contributed by atoms with van der Waals surface area (Å²) in [4.78, 5) is 18.4. The Labute approximate surface area is 176 Å². The van der Waals surface area contributed by atoms with E-state index in [1.54, 1.807) is 12.4 Å². The van der Waals surface area contributed by atoms with E-state index < -0.39 is 0 Å². The fourth-order valence-electron chi connectivity index (χ4n) is 3.64. The highest BCUT2D eigenvalue weighted by Gasteiger charge is 2.22. The molecule has 6 nitrogen and oxygen atoms in total. The maximum absolute atomic E-state index is 14.0. The van der Waals surface area contributed by atoms with Gasteiger partial charge in [-0.25, -0.2) is 19.3 Å². The number of nitrogens with zero attached hydrogens (tertiary/aromatic N) is 4. The summed E-state index contributed by atoms with van der Waals surface area (Å²) in [6.07, 6.45) is 8.63. The van der Waals surface area contributed by atoms with Gasteiger partial charge in [0.1, 0.15) is 17.7 Å². The number of hydrogen-bond donors (Lipinski definition) is 2. The van der Waals surface area contributed by atoms with Crippen molar-refractivity contribution in [1.29, 1.82) is 0 Å². The number of benzene rings is 1. The molecule has 0 spiro atoms. The molecule has 1 fully saturated rings. The van der Waals surface area contributed by atoms with Crippen LogP contribution in [0.2, 0.25) is 0 Å². The molecule has 1 atom stereocenters. The number of aromatic nitrogens is 4. The van der Waals surface area contributed by atoms with Crippen LogP contribution >= 0.6 is 24.8 Å². The van der Waals surface area contributed by atoms with Gasteiger partial charge in [0, 0.05) is 30.5 Å². The van der Waals surface area contributed by atoms with Crippen molar-refractivity contribution in [3.05, 3.63) is 54.1 Å². The minimum absolute atomic E-state index is 0. The predicted octanol–water partition coefficient (Wildman–Crippen LogP) is 3.48. The third kappa shape index (κ3) is 5.38. The molecule has 28 heavy (non-hydrogen) atoms. The lowest BCUT2D eigenvalue weighted by atomic mass is 10.1. The number of H-pyrrole nitrogens is 1. The zero-order valence-corrected chi connectivity index (χ0v) is 17.1. The van der Waals surface area contributed by atoms with E-state index in [0.717, 1.165) is 55.8 Å². The number of rotatable bonds is 5. The molecule has 3 aromatic rings. The van der Waals surface area contributed by atoms with Gasteiger partial charge in [-0.1, -0.05) is 6.07 Å². The van der Waals surface area contributed by atoms with Crippen LogP contribution in [0.1, 0.15) is 30.7 Å². The highest BCUT2D eigenvalue weighted by atomic mass is 35.5. The highest BCUT2D eigenvalue weighted by molar-refractivity contribution is 5.85. The zero-order chi connectivity index (χ0) is 17.8. The van der Waals surface area contributed by atoms with Crippen molar-refractivity contribution in [3.8, 4) is 0 Å². The van der Waals surface area contributed by atoms with Crippen LogP contribution in [0.25, 0.3) is 11.0 Å². The molecule has 4 rings (SSSR count). The number of imidazole rings is 1. The Morgan fingerprint density at radius 3 is 2.68 bits per heavy atom. The first kappa shape index (κ1) is 22.5. The normalized spacial score (nSPS) is 17.0. The lowest BCUT2D eigenvalue weighted by molar-refractivity contribution is 0.160. The molecule has 9 heteroatoms. The molecular formula is C19H25Cl2FN6. The second-order valence-electron chi connectivity index (χ2n) is 6.81. The number of fused-ring (bicyclic) bond motifs is 1. The lowest BCUT2D eigenvalue weighted by Gasteiger charge is -2.30. The van der Waals surface area contributed by atoms with Crippen LogP contribution in [0.3, 0.4) is 0 Å². The molecule has 1 aromatic carbocycles. The van der Waals surface area contributed by atoms with Gasteiger partial charge in [0.2, 0.25) is 0 Å². The predicted molar refractivity (Wildman–Crippen MR) is 112 cm³/mol. The fraction of sp³-hybridized carbons (Fsp3) is 0.421. The zero-order valence-electron chi connectivity index (χ0n) is 15.5. The first-order valence-electron chi connectivity index (χ1n) is 9.11. The molecule has 0 amide bonds. The Morgan fingerprint density at radius 1 is 1.07 bits per heavy atom. The van der Waals surface area contributed by atoms with Crippen molar-refractivity contribution in [2.45, 2.75) is 38.4 Å². The molecule has 0 aliphatic carbocycles.